The molecule has 0 aliphatic rings. The second-order valence-corrected chi connectivity index (χ2v) is 2.74. The standard InChI is InChI=1S/C8H11FN2O/c1-5(10)8(12)6-2-7(9)4-11-3-6/h2-5,8,12H,10H2,1H3/t5-,8?/m1/s1. The van der Waals surface area contributed by atoms with E-state index in [1.807, 2.05) is 0 Å². The average molecular weight is 170 g/mol. The van der Waals surface area contributed by atoms with Gasteiger partial charge in [0.2, 0.25) is 0 Å². The second kappa shape index (κ2) is 3.60. The van der Waals surface area contributed by atoms with Crippen LogP contribution < -0.4 is 5.73 Å². The Morgan fingerprint density at radius 1 is 1.58 bits per heavy atom. The maximum atomic E-state index is 12.6. The number of aliphatic hydroxyl groups excluding tert-OH is 1. The van der Waals surface area contributed by atoms with Gasteiger partial charge < -0.3 is 10.8 Å². The van der Waals surface area contributed by atoms with E-state index in [1.165, 1.54) is 12.3 Å². The van der Waals surface area contributed by atoms with Crippen LogP contribution in [0.3, 0.4) is 0 Å². The quantitative estimate of drug-likeness (QED) is 0.683. The molecule has 0 fully saturated rings. The largest absolute Gasteiger partial charge is 0.387 e. The van der Waals surface area contributed by atoms with Gasteiger partial charge in [0.25, 0.3) is 0 Å². The molecular weight excluding hydrogens is 159 g/mol. The Morgan fingerprint density at radius 3 is 2.75 bits per heavy atom. The molecule has 0 aromatic carbocycles. The summed E-state index contributed by atoms with van der Waals surface area (Å²) in [6.45, 7) is 1.65. The number of nitrogens with two attached hydrogens (primary N) is 1. The molecule has 1 unspecified atom stereocenters. The first-order valence-corrected chi connectivity index (χ1v) is 3.65. The summed E-state index contributed by atoms with van der Waals surface area (Å²) >= 11 is 0. The van der Waals surface area contributed by atoms with E-state index in [0.717, 1.165) is 6.20 Å². The van der Waals surface area contributed by atoms with Gasteiger partial charge >= 0.3 is 0 Å². The van der Waals surface area contributed by atoms with E-state index >= 15 is 0 Å². The van der Waals surface area contributed by atoms with Gasteiger partial charge in [-0.2, -0.15) is 0 Å². The lowest BCUT2D eigenvalue weighted by Crippen LogP contribution is -2.24. The zero-order valence-electron chi connectivity index (χ0n) is 6.74. The van der Waals surface area contributed by atoms with Crippen LogP contribution in [0, 0.1) is 5.82 Å². The fourth-order valence-corrected chi connectivity index (χ4v) is 0.894. The van der Waals surface area contributed by atoms with E-state index in [-0.39, 0.29) is 0 Å². The Bertz CT molecular complexity index is 265. The number of halogens is 1. The Balaban J connectivity index is 2.88. The molecule has 1 rings (SSSR count). The first kappa shape index (κ1) is 9.09. The highest BCUT2D eigenvalue weighted by Crippen LogP contribution is 2.14. The summed E-state index contributed by atoms with van der Waals surface area (Å²) in [5, 5.41) is 9.39. The van der Waals surface area contributed by atoms with Crippen molar-refractivity contribution in [2.45, 2.75) is 19.1 Å². The maximum Gasteiger partial charge on any atom is 0.141 e. The Labute approximate surface area is 70.0 Å². The van der Waals surface area contributed by atoms with Crippen LogP contribution in [0.1, 0.15) is 18.6 Å². The van der Waals surface area contributed by atoms with Crippen molar-refractivity contribution in [2.24, 2.45) is 5.73 Å². The van der Waals surface area contributed by atoms with E-state index in [0.29, 0.717) is 5.56 Å². The van der Waals surface area contributed by atoms with E-state index in [4.69, 9.17) is 5.73 Å². The third kappa shape index (κ3) is 1.99. The topological polar surface area (TPSA) is 59.1 Å². The summed E-state index contributed by atoms with van der Waals surface area (Å²) in [5.74, 6) is -0.466. The molecule has 1 aromatic heterocycles. The van der Waals surface area contributed by atoms with E-state index in [1.54, 1.807) is 6.92 Å². The summed E-state index contributed by atoms with van der Waals surface area (Å²) in [6, 6.07) is 0.801. The summed E-state index contributed by atoms with van der Waals surface area (Å²) in [5.41, 5.74) is 5.83. The van der Waals surface area contributed by atoms with Gasteiger partial charge in [0.15, 0.2) is 0 Å². The number of hydrogen-bond donors (Lipinski definition) is 2. The Hall–Kier alpha value is -1.00. The molecule has 1 aromatic rings. The zero-order valence-corrected chi connectivity index (χ0v) is 6.74. The van der Waals surface area contributed by atoms with E-state index in [9.17, 15) is 9.50 Å². The normalized spacial score (nSPS) is 15.7. The molecule has 1 heterocycles. The average Bonchev–Trinajstić information content (AvgIpc) is 2.03. The van der Waals surface area contributed by atoms with Crippen LogP contribution in [0.15, 0.2) is 18.5 Å². The van der Waals surface area contributed by atoms with Gasteiger partial charge in [-0.25, -0.2) is 4.39 Å². The number of hydrogen-bond acceptors (Lipinski definition) is 3. The summed E-state index contributed by atoms with van der Waals surface area (Å²) in [4.78, 5) is 3.60. The molecule has 0 aliphatic heterocycles. The predicted molar refractivity (Wildman–Crippen MR) is 42.8 cm³/mol. The SMILES string of the molecule is C[C@@H](N)C(O)c1cncc(F)c1. The first-order chi connectivity index (χ1) is 5.61. The fourth-order valence-electron chi connectivity index (χ4n) is 0.894. The molecule has 0 saturated heterocycles. The molecule has 0 bridgehead atoms. The number of pyridine rings is 1. The lowest BCUT2D eigenvalue weighted by atomic mass is 10.1. The monoisotopic (exact) mass is 170 g/mol. The molecule has 12 heavy (non-hydrogen) atoms. The molecule has 0 aliphatic carbocycles. The van der Waals surface area contributed by atoms with Crippen LogP contribution in [0.4, 0.5) is 4.39 Å². The van der Waals surface area contributed by atoms with Gasteiger partial charge in [-0.1, -0.05) is 0 Å². The number of aromatic nitrogens is 1. The minimum Gasteiger partial charge on any atom is -0.387 e. The van der Waals surface area contributed by atoms with Crippen LogP contribution in [-0.4, -0.2) is 16.1 Å². The van der Waals surface area contributed by atoms with Gasteiger partial charge in [0.1, 0.15) is 5.82 Å². The first-order valence-electron chi connectivity index (χ1n) is 3.65. The molecule has 0 radical (unpaired) electrons. The van der Waals surface area contributed by atoms with Crippen LogP contribution in [-0.2, 0) is 0 Å². The zero-order chi connectivity index (χ0) is 9.14. The van der Waals surface area contributed by atoms with Gasteiger partial charge in [-0.3, -0.25) is 4.98 Å². The van der Waals surface area contributed by atoms with Crippen LogP contribution >= 0.6 is 0 Å². The third-order valence-electron chi connectivity index (χ3n) is 1.57. The van der Waals surface area contributed by atoms with Crippen LogP contribution in [0.2, 0.25) is 0 Å². The van der Waals surface area contributed by atoms with Crippen molar-refractivity contribution in [1.29, 1.82) is 0 Å². The molecule has 0 spiro atoms. The van der Waals surface area contributed by atoms with Crippen LogP contribution in [0.25, 0.3) is 0 Å². The van der Waals surface area contributed by atoms with Crippen molar-refractivity contribution in [3.8, 4) is 0 Å². The lowest BCUT2D eigenvalue weighted by molar-refractivity contribution is 0.152. The van der Waals surface area contributed by atoms with E-state index < -0.39 is 18.0 Å². The summed E-state index contributed by atoms with van der Waals surface area (Å²) in [7, 11) is 0. The molecule has 0 amide bonds. The maximum absolute atomic E-state index is 12.6. The van der Waals surface area contributed by atoms with Crippen molar-refractivity contribution in [3.05, 3.63) is 29.8 Å². The minimum atomic E-state index is -0.854. The smallest absolute Gasteiger partial charge is 0.141 e. The highest BCUT2D eigenvalue weighted by Gasteiger charge is 2.12. The highest BCUT2D eigenvalue weighted by molar-refractivity contribution is 5.14. The van der Waals surface area contributed by atoms with Crippen molar-refractivity contribution in [1.82, 2.24) is 4.98 Å². The third-order valence-corrected chi connectivity index (χ3v) is 1.57. The molecule has 66 valence electrons. The Kier molecular flexibility index (Phi) is 2.73. The number of rotatable bonds is 2. The van der Waals surface area contributed by atoms with Crippen molar-refractivity contribution >= 4 is 0 Å². The van der Waals surface area contributed by atoms with Gasteiger partial charge in [-0.05, 0) is 13.0 Å². The molecule has 3 N–H and O–H groups in total. The number of nitrogens with zero attached hydrogens (tertiary/aromatic N) is 1. The molecular formula is C8H11FN2O. The fraction of sp³-hybridized carbons (Fsp3) is 0.375. The van der Waals surface area contributed by atoms with Crippen molar-refractivity contribution in [2.75, 3.05) is 0 Å². The number of aliphatic hydroxyl groups is 1. The van der Waals surface area contributed by atoms with E-state index in [2.05, 4.69) is 4.98 Å². The molecule has 0 saturated carbocycles. The summed E-state index contributed by atoms with van der Waals surface area (Å²) in [6.07, 6.45) is 1.63. The van der Waals surface area contributed by atoms with Gasteiger partial charge in [-0.15, -0.1) is 0 Å². The van der Waals surface area contributed by atoms with Crippen LogP contribution in [0.5, 0.6) is 0 Å². The van der Waals surface area contributed by atoms with Crippen molar-refractivity contribution < 1.29 is 9.50 Å². The van der Waals surface area contributed by atoms with Gasteiger partial charge in [0.05, 0.1) is 12.3 Å². The molecule has 2 atom stereocenters. The predicted octanol–water partition coefficient (Wildman–Crippen LogP) is 0.601. The minimum absolute atomic E-state index is 0.407. The lowest BCUT2D eigenvalue weighted by Gasteiger charge is -2.13. The molecule has 4 heteroatoms. The molecule has 3 nitrogen and oxygen atoms in total. The summed E-state index contributed by atoms with van der Waals surface area (Å²) < 4.78 is 12.6. The van der Waals surface area contributed by atoms with Crippen molar-refractivity contribution in [3.63, 3.8) is 0 Å². The highest BCUT2D eigenvalue weighted by atomic mass is 19.1. The van der Waals surface area contributed by atoms with Gasteiger partial charge in [0, 0.05) is 17.8 Å². The second-order valence-electron chi connectivity index (χ2n) is 2.74. The Morgan fingerprint density at radius 2 is 2.25 bits per heavy atom.